The Hall–Kier alpha value is -2.87. The van der Waals surface area contributed by atoms with Gasteiger partial charge in [0.1, 0.15) is 5.82 Å². The van der Waals surface area contributed by atoms with Crippen LogP contribution in [0.1, 0.15) is 22.5 Å². The number of anilines is 1. The van der Waals surface area contributed by atoms with Crippen molar-refractivity contribution in [2.24, 2.45) is 0 Å². The van der Waals surface area contributed by atoms with Gasteiger partial charge in [-0.05, 0) is 26.3 Å². The number of nitrogens with zero attached hydrogens (tertiary/aromatic N) is 3. The highest BCUT2D eigenvalue weighted by molar-refractivity contribution is 7.99. The number of thioether (sulfide) groups is 1. The van der Waals surface area contributed by atoms with E-state index < -0.39 is 0 Å². The van der Waals surface area contributed by atoms with Gasteiger partial charge in [-0.3, -0.25) is 14.6 Å². The van der Waals surface area contributed by atoms with Crippen molar-refractivity contribution in [3.05, 3.63) is 69.3 Å². The first-order chi connectivity index (χ1) is 12.9. The molecule has 1 amide bonds. The van der Waals surface area contributed by atoms with Crippen LogP contribution in [0.25, 0.3) is 5.95 Å². The minimum absolute atomic E-state index is 0.136. The third-order valence-corrected chi connectivity index (χ3v) is 5.03. The molecule has 0 saturated carbocycles. The fourth-order valence-electron chi connectivity index (χ4n) is 2.50. The molecule has 2 heterocycles. The summed E-state index contributed by atoms with van der Waals surface area (Å²) in [6, 6.07) is 11.7. The van der Waals surface area contributed by atoms with E-state index in [9.17, 15) is 9.59 Å². The van der Waals surface area contributed by atoms with Crippen molar-refractivity contribution in [1.29, 1.82) is 0 Å². The van der Waals surface area contributed by atoms with Gasteiger partial charge in [-0.2, -0.15) is 9.78 Å². The van der Waals surface area contributed by atoms with E-state index >= 15 is 0 Å². The number of aromatic amines is 1. The average Bonchev–Trinajstić information content (AvgIpc) is 3.00. The van der Waals surface area contributed by atoms with Gasteiger partial charge in [-0.1, -0.05) is 30.3 Å². The molecule has 0 atom stereocenters. The molecule has 0 saturated heterocycles. The zero-order valence-corrected chi connectivity index (χ0v) is 16.3. The number of amides is 1. The Kier molecular flexibility index (Phi) is 5.75. The molecule has 0 aliphatic rings. The van der Waals surface area contributed by atoms with Crippen LogP contribution in [0.5, 0.6) is 0 Å². The van der Waals surface area contributed by atoms with Crippen LogP contribution in [0.4, 0.5) is 5.82 Å². The highest BCUT2D eigenvalue weighted by atomic mass is 32.2. The second-order valence-electron chi connectivity index (χ2n) is 6.21. The smallest absolute Gasteiger partial charge is 0.255 e. The topological polar surface area (TPSA) is 92.7 Å². The molecule has 0 aliphatic carbocycles. The van der Waals surface area contributed by atoms with Crippen LogP contribution in [-0.4, -0.2) is 31.4 Å². The molecule has 0 aliphatic heterocycles. The molecule has 0 unspecified atom stereocenters. The summed E-state index contributed by atoms with van der Waals surface area (Å²) in [5.41, 5.74) is 2.85. The van der Waals surface area contributed by atoms with Crippen molar-refractivity contribution in [2.45, 2.75) is 26.5 Å². The Balaban J connectivity index is 1.70. The number of aryl methyl sites for hydroxylation is 2. The molecule has 8 heteroatoms. The van der Waals surface area contributed by atoms with Gasteiger partial charge in [0.15, 0.2) is 0 Å². The Labute approximate surface area is 161 Å². The number of rotatable bonds is 6. The third kappa shape index (κ3) is 4.65. The minimum Gasteiger partial charge on any atom is -0.310 e. The third-order valence-electron chi connectivity index (χ3n) is 4.03. The van der Waals surface area contributed by atoms with Gasteiger partial charge in [-0.25, -0.2) is 4.98 Å². The van der Waals surface area contributed by atoms with Crippen LogP contribution >= 0.6 is 11.8 Å². The van der Waals surface area contributed by atoms with Gasteiger partial charge < -0.3 is 5.32 Å². The fourth-order valence-corrected chi connectivity index (χ4v) is 3.28. The summed E-state index contributed by atoms with van der Waals surface area (Å²) in [6.45, 7) is 5.30. The Morgan fingerprint density at radius 3 is 2.67 bits per heavy atom. The first-order valence-corrected chi connectivity index (χ1v) is 9.65. The maximum atomic E-state index is 12.3. The fraction of sp³-hybridized carbons (Fsp3) is 0.263. The van der Waals surface area contributed by atoms with Crippen molar-refractivity contribution in [3.8, 4) is 5.95 Å². The zero-order chi connectivity index (χ0) is 19.4. The van der Waals surface area contributed by atoms with Gasteiger partial charge in [0, 0.05) is 23.1 Å². The number of benzene rings is 1. The molecule has 140 valence electrons. The monoisotopic (exact) mass is 383 g/mol. The van der Waals surface area contributed by atoms with Crippen molar-refractivity contribution >= 4 is 23.5 Å². The van der Waals surface area contributed by atoms with Crippen molar-refractivity contribution in [3.63, 3.8) is 0 Å². The number of carbonyl (C=O) groups excluding carboxylic acids is 1. The molecule has 3 aromatic rings. The van der Waals surface area contributed by atoms with E-state index in [0.717, 1.165) is 5.75 Å². The lowest BCUT2D eigenvalue weighted by Crippen LogP contribution is -2.21. The molecule has 0 fully saturated rings. The Morgan fingerprint density at radius 2 is 1.96 bits per heavy atom. The van der Waals surface area contributed by atoms with Gasteiger partial charge in [0.05, 0.1) is 11.4 Å². The standard InChI is InChI=1S/C19H21N5O2S/c1-12-9-16(21-17(25)11-27-10-15-7-5-4-6-8-15)24(23-12)19-20-14(3)13(2)18(26)22-19/h4-9H,10-11H2,1-3H3,(H,21,25)(H,20,22,26). The number of hydrogen-bond donors (Lipinski definition) is 2. The largest absolute Gasteiger partial charge is 0.310 e. The molecule has 27 heavy (non-hydrogen) atoms. The first kappa shape index (κ1) is 18.9. The van der Waals surface area contributed by atoms with Crippen LogP contribution < -0.4 is 10.9 Å². The molecule has 2 aromatic heterocycles. The highest BCUT2D eigenvalue weighted by Crippen LogP contribution is 2.16. The molecule has 0 radical (unpaired) electrons. The molecule has 2 N–H and O–H groups in total. The predicted molar refractivity (Wildman–Crippen MR) is 107 cm³/mol. The second kappa shape index (κ2) is 8.22. The average molecular weight is 383 g/mol. The van der Waals surface area contributed by atoms with E-state index in [1.54, 1.807) is 19.9 Å². The number of nitrogens with one attached hydrogen (secondary N) is 2. The van der Waals surface area contributed by atoms with E-state index in [4.69, 9.17) is 0 Å². The van der Waals surface area contributed by atoms with Crippen LogP contribution in [-0.2, 0) is 10.5 Å². The van der Waals surface area contributed by atoms with Crippen molar-refractivity contribution in [2.75, 3.05) is 11.1 Å². The van der Waals surface area contributed by atoms with E-state index in [1.165, 1.54) is 22.0 Å². The first-order valence-electron chi connectivity index (χ1n) is 8.50. The second-order valence-corrected chi connectivity index (χ2v) is 7.19. The summed E-state index contributed by atoms with van der Waals surface area (Å²) in [7, 11) is 0. The lowest BCUT2D eigenvalue weighted by molar-refractivity contribution is -0.113. The lowest BCUT2D eigenvalue weighted by Gasteiger charge is -2.09. The molecule has 3 rings (SSSR count). The van der Waals surface area contributed by atoms with Crippen molar-refractivity contribution < 1.29 is 4.79 Å². The Morgan fingerprint density at radius 1 is 1.22 bits per heavy atom. The minimum atomic E-state index is -0.221. The van der Waals surface area contributed by atoms with E-state index in [1.807, 2.05) is 37.3 Å². The van der Waals surface area contributed by atoms with E-state index in [2.05, 4.69) is 20.4 Å². The summed E-state index contributed by atoms with van der Waals surface area (Å²) in [5.74, 6) is 1.70. The summed E-state index contributed by atoms with van der Waals surface area (Å²) in [6.07, 6.45) is 0. The van der Waals surface area contributed by atoms with Crippen LogP contribution in [0, 0.1) is 20.8 Å². The molecule has 0 bridgehead atoms. The molecule has 0 spiro atoms. The maximum absolute atomic E-state index is 12.3. The maximum Gasteiger partial charge on any atom is 0.255 e. The summed E-state index contributed by atoms with van der Waals surface area (Å²) < 4.78 is 1.45. The van der Waals surface area contributed by atoms with Crippen LogP contribution in [0.3, 0.4) is 0 Å². The normalized spacial score (nSPS) is 10.8. The highest BCUT2D eigenvalue weighted by Gasteiger charge is 2.14. The predicted octanol–water partition coefficient (Wildman–Crippen LogP) is 2.75. The van der Waals surface area contributed by atoms with Crippen LogP contribution in [0.2, 0.25) is 0 Å². The number of H-pyrrole nitrogens is 1. The van der Waals surface area contributed by atoms with Crippen molar-refractivity contribution in [1.82, 2.24) is 19.7 Å². The number of hydrogen-bond acceptors (Lipinski definition) is 5. The summed E-state index contributed by atoms with van der Waals surface area (Å²) in [4.78, 5) is 31.4. The quantitative estimate of drug-likeness (QED) is 0.683. The van der Waals surface area contributed by atoms with Gasteiger partial charge >= 0.3 is 0 Å². The number of aromatic nitrogens is 4. The van der Waals surface area contributed by atoms with Gasteiger partial charge in [0.25, 0.3) is 5.56 Å². The lowest BCUT2D eigenvalue weighted by atomic mass is 10.2. The van der Waals surface area contributed by atoms with Gasteiger partial charge in [0.2, 0.25) is 11.9 Å². The van der Waals surface area contributed by atoms with Crippen LogP contribution in [0.15, 0.2) is 41.2 Å². The zero-order valence-electron chi connectivity index (χ0n) is 15.4. The molecular formula is C19H21N5O2S. The number of carbonyl (C=O) groups is 1. The molecular weight excluding hydrogens is 362 g/mol. The molecule has 1 aromatic carbocycles. The van der Waals surface area contributed by atoms with E-state index in [-0.39, 0.29) is 17.4 Å². The Bertz CT molecular complexity index is 1010. The summed E-state index contributed by atoms with van der Waals surface area (Å²) in [5, 5.41) is 7.18. The van der Waals surface area contributed by atoms with Gasteiger partial charge in [-0.15, -0.1) is 11.8 Å². The molecule has 7 nitrogen and oxygen atoms in total. The SMILES string of the molecule is Cc1cc(NC(=O)CSCc2ccccc2)n(-c2nc(C)c(C)c(=O)[nH]2)n1. The van der Waals surface area contributed by atoms with E-state index in [0.29, 0.717) is 28.5 Å². The summed E-state index contributed by atoms with van der Waals surface area (Å²) >= 11 is 1.53.